The molecule has 2 heterocycles. The summed E-state index contributed by atoms with van der Waals surface area (Å²) in [5.74, 6) is -0.513. The molecule has 162 valence electrons. The average molecular weight is 428 g/mol. The Hall–Kier alpha value is -3.64. The number of methoxy groups -OCH3 is 1. The number of imide groups is 1. The van der Waals surface area contributed by atoms with Crippen molar-refractivity contribution in [2.45, 2.75) is 26.0 Å². The van der Waals surface area contributed by atoms with Gasteiger partial charge in [-0.3, -0.25) is 14.4 Å². The highest BCUT2D eigenvalue weighted by Crippen LogP contribution is 2.48. The van der Waals surface area contributed by atoms with Gasteiger partial charge in [-0.05, 0) is 60.9 Å². The van der Waals surface area contributed by atoms with E-state index >= 15 is 0 Å². The lowest BCUT2D eigenvalue weighted by Crippen LogP contribution is -2.37. The van der Waals surface area contributed by atoms with Gasteiger partial charge in [-0.25, -0.2) is 9.96 Å². The zero-order chi connectivity index (χ0) is 22.4. The number of benzene rings is 3. The predicted octanol–water partition coefficient (Wildman–Crippen LogP) is 4.36. The smallest absolute Gasteiger partial charge is 0.266 e. The zero-order valence-corrected chi connectivity index (χ0v) is 18.2. The molecule has 2 saturated heterocycles. The zero-order valence-electron chi connectivity index (χ0n) is 18.2. The molecule has 3 atom stereocenters. The van der Waals surface area contributed by atoms with Crippen LogP contribution in [-0.2, 0) is 14.4 Å². The molecule has 2 amide bonds. The number of nitrogens with zero attached hydrogens (tertiary/aromatic N) is 2. The van der Waals surface area contributed by atoms with Gasteiger partial charge in [-0.1, -0.05) is 42.5 Å². The summed E-state index contributed by atoms with van der Waals surface area (Å²) in [4.78, 5) is 34.5. The lowest BCUT2D eigenvalue weighted by atomic mass is 9.90. The number of aryl methyl sites for hydroxylation is 2. The number of amides is 2. The Bertz CT molecular complexity index is 1190. The molecule has 0 saturated carbocycles. The molecule has 32 heavy (non-hydrogen) atoms. The minimum atomic E-state index is -0.880. The maximum atomic E-state index is 13.7. The van der Waals surface area contributed by atoms with Gasteiger partial charge in [-0.2, -0.15) is 0 Å². The summed E-state index contributed by atoms with van der Waals surface area (Å²) in [7, 11) is 1.61. The molecule has 2 aliphatic heterocycles. The molecule has 0 unspecified atom stereocenters. The number of ether oxygens (including phenoxy) is 1. The summed E-state index contributed by atoms with van der Waals surface area (Å²) in [6, 6.07) is 22.3. The van der Waals surface area contributed by atoms with Crippen LogP contribution in [0.5, 0.6) is 5.75 Å². The number of rotatable bonds is 4. The molecule has 3 aromatic carbocycles. The Labute approximate surface area is 186 Å². The van der Waals surface area contributed by atoms with Gasteiger partial charge in [0, 0.05) is 0 Å². The Morgan fingerprint density at radius 2 is 1.62 bits per heavy atom. The second-order valence-electron chi connectivity index (χ2n) is 8.23. The van der Waals surface area contributed by atoms with E-state index in [0.29, 0.717) is 5.69 Å². The first-order chi connectivity index (χ1) is 15.5. The third kappa shape index (κ3) is 3.15. The van der Waals surface area contributed by atoms with Crippen molar-refractivity contribution >= 4 is 23.2 Å². The van der Waals surface area contributed by atoms with E-state index in [0.717, 1.165) is 28.1 Å². The van der Waals surface area contributed by atoms with Crippen molar-refractivity contribution in [3.63, 3.8) is 0 Å². The van der Waals surface area contributed by atoms with E-state index < -0.39 is 18.1 Å². The van der Waals surface area contributed by atoms with E-state index in [-0.39, 0.29) is 11.8 Å². The predicted molar refractivity (Wildman–Crippen MR) is 121 cm³/mol. The van der Waals surface area contributed by atoms with Crippen LogP contribution in [0.15, 0.2) is 72.8 Å². The van der Waals surface area contributed by atoms with Gasteiger partial charge in [0.15, 0.2) is 6.10 Å². The van der Waals surface area contributed by atoms with Crippen molar-refractivity contribution in [1.29, 1.82) is 0 Å². The lowest BCUT2D eigenvalue weighted by Gasteiger charge is -2.30. The monoisotopic (exact) mass is 428 g/mol. The molecule has 0 radical (unpaired) electrons. The highest BCUT2D eigenvalue weighted by atomic mass is 16.7. The van der Waals surface area contributed by atoms with E-state index in [4.69, 9.17) is 9.57 Å². The van der Waals surface area contributed by atoms with Crippen LogP contribution in [0.25, 0.3) is 0 Å². The summed E-state index contributed by atoms with van der Waals surface area (Å²) in [5, 5.41) is 1.73. The van der Waals surface area contributed by atoms with Gasteiger partial charge < -0.3 is 4.74 Å². The number of fused-ring (bicyclic) bond motifs is 1. The van der Waals surface area contributed by atoms with Gasteiger partial charge in [0.1, 0.15) is 11.7 Å². The largest absolute Gasteiger partial charge is 0.497 e. The summed E-state index contributed by atoms with van der Waals surface area (Å²) in [5.41, 5.74) is 4.28. The van der Waals surface area contributed by atoms with Gasteiger partial charge in [-0.15, -0.1) is 0 Å². The molecule has 0 N–H and O–H groups in total. The normalized spacial score (nSPS) is 22.4. The van der Waals surface area contributed by atoms with Crippen molar-refractivity contribution in [3.8, 4) is 5.75 Å². The minimum Gasteiger partial charge on any atom is -0.497 e. The molecule has 0 spiro atoms. The first kappa shape index (κ1) is 20.3. The first-order valence-corrected chi connectivity index (χ1v) is 10.6. The van der Waals surface area contributed by atoms with E-state index in [1.54, 1.807) is 18.2 Å². The first-order valence-electron chi connectivity index (χ1n) is 10.6. The molecular weight excluding hydrogens is 404 g/mol. The van der Waals surface area contributed by atoms with E-state index in [1.807, 2.05) is 80.6 Å². The SMILES string of the molecule is COc1ccc([C@H]2[C@H]3C(=O)N(c4cccc(C)c4)C(=O)[C@@H]3ON2c2ccccc2C)cc1. The molecule has 3 aromatic rings. The average Bonchev–Trinajstić information content (AvgIpc) is 3.30. The molecule has 2 aliphatic rings. The van der Waals surface area contributed by atoms with Crippen molar-refractivity contribution in [3.05, 3.63) is 89.5 Å². The van der Waals surface area contributed by atoms with Gasteiger partial charge in [0.05, 0.1) is 24.5 Å². The Kier molecular flexibility index (Phi) is 4.94. The Morgan fingerprint density at radius 1 is 0.875 bits per heavy atom. The fraction of sp³-hybridized carbons (Fsp3) is 0.231. The summed E-state index contributed by atoms with van der Waals surface area (Å²) in [6.45, 7) is 3.92. The summed E-state index contributed by atoms with van der Waals surface area (Å²) in [6.07, 6.45) is -0.880. The summed E-state index contributed by atoms with van der Waals surface area (Å²) >= 11 is 0. The Balaban J connectivity index is 1.60. The number of hydroxylamine groups is 1. The molecule has 0 bridgehead atoms. The van der Waals surface area contributed by atoms with Crippen molar-refractivity contribution in [2.75, 3.05) is 17.1 Å². The minimum absolute atomic E-state index is 0.248. The fourth-order valence-electron chi connectivity index (χ4n) is 4.60. The standard InChI is InChI=1S/C26H24N2O4/c1-16-7-6-9-19(15-16)27-25(29)22-23(18-11-13-20(31-3)14-12-18)28(32-24(22)26(27)30)21-10-5-4-8-17(21)2/h4-15,22-24H,1-3H3/t22-,23+,24-/m1/s1. The van der Waals surface area contributed by atoms with Crippen LogP contribution in [0, 0.1) is 19.8 Å². The molecule has 6 heteroatoms. The van der Waals surface area contributed by atoms with E-state index in [1.165, 1.54) is 4.90 Å². The van der Waals surface area contributed by atoms with Crippen LogP contribution in [-0.4, -0.2) is 25.0 Å². The van der Waals surface area contributed by atoms with Crippen LogP contribution >= 0.6 is 0 Å². The third-order valence-corrected chi connectivity index (χ3v) is 6.19. The number of para-hydroxylation sites is 1. The number of hydrogen-bond donors (Lipinski definition) is 0. The maximum absolute atomic E-state index is 13.7. The highest BCUT2D eigenvalue weighted by molar-refractivity contribution is 6.24. The quantitative estimate of drug-likeness (QED) is 0.578. The maximum Gasteiger partial charge on any atom is 0.266 e. The van der Waals surface area contributed by atoms with Crippen molar-refractivity contribution in [1.82, 2.24) is 0 Å². The van der Waals surface area contributed by atoms with Gasteiger partial charge in [0.2, 0.25) is 5.91 Å². The number of anilines is 2. The van der Waals surface area contributed by atoms with Crippen LogP contribution < -0.4 is 14.7 Å². The van der Waals surface area contributed by atoms with Crippen LogP contribution in [0.3, 0.4) is 0 Å². The molecule has 0 aromatic heterocycles. The fourth-order valence-corrected chi connectivity index (χ4v) is 4.60. The topological polar surface area (TPSA) is 59.1 Å². The second kappa shape index (κ2) is 7.80. The molecule has 5 rings (SSSR count). The number of carbonyl (C=O) groups is 2. The van der Waals surface area contributed by atoms with Gasteiger partial charge >= 0.3 is 0 Å². The van der Waals surface area contributed by atoms with E-state index in [2.05, 4.69) is 0 Å². The van der Waals surface area contributed by atoms with Crippen LogP contribution in [0.4, 0.5) is 11.4 Å². The van der Waals surface area contributed by atoms with E-state index in [9.17, 15) is 9.59 Å². The van der Waals surface area contributed by atoms with Crippen LogP contribution in [0.1, 0.15) is 22.7 Å². The third-order valence-electron chi connectivity index (χ3n) is 6.19. The highest BCUT2D eigenvalue weighted by Gasteiger charge is 2.60. The van der Waals surface area contributed by atoms with Crippen LogP contribution in [0.2, 0.25) is 0 Å². The Morgan fingerprint density at radius 3 is 2.31 bits per heavy atom. The number of carbonyl (C=O) groups excluding carboxylic acids is 2. The van der Waals surface area contributed by atoms with Gasteiger partial charge in [0.25, 0.3) is 5.91 Å². The molecule has 2 fully saturated rings. The second-order valence-corrected chi connectivity index (χ2v) is 8.23. The summed E-state index contributed by atoms with van der Waals surface area (Å²) < 4.78 is 5.30. The molecule has 0 aliphatic carbocycles. The van der Waals surface area contributed by atoms with Crippen molar-refractivity contribution < 1.29 is 19.2 Å². The molecule has 6 nitrogen and oxygen atoms in total. The lowest BCUT2D eigenvalue weighted by molar-refractivity contribution is -0.126. The number of hydrogen-bond acceptors (Lipinski definition) is 5. The molecular formula is C26H24N2O4. The van der Waals surface area contributed by atoms with Crippen molar-refractivity contribution in [2.24, 2.45) is 5.92 Å².